The molecule has 0 fully saturated rings. The Morgan fingerprint density at radius 3 is 2.82 bits per heavy atom. The summed E-state index contributed by atoms with van der Waals surface area (Å²) in [5.41, 5.74) is 5.55. The minimum absolute atomic E-state index is 0.0835. The van der Waals surface area contributed by atoms with Crippen LogP contribution in [0.2, 0.25) is 0 Å². The van der Waals surface area contributed by atoms with Crippen molar-refractivity contribution in [2.45, 2.75) is 32.7 Å². The lowest BCUT2D eigenvalue weighted by molar-refractivity contribution is 0.367. The highest BCUT2D eigenvalue weighted by Gasteiger charge is 2.05. The zero-order chi connectivity index (χ0) is 8.27. The zero-order valence-electron chi connectivity index (χ0n) is 6.87. The van der Waals surface area contributed by atoms with Crippen LogP contribution in [-0.4, -0.2) is 16.2 Å². The van der Waals surface area contributed by atoms with Crippen LogP contribution in [0.25, 0.3) is 0 Å². The van der Waals surface area contributed by atoms with E-state index in [9.17, 15) is 0 Å². The van der Waals surface area contributed by atoms with Gasteiger partial charge in [0.1, 0.15) is 0 Å². The van der Waals surface area contributed by atoms with Crippen LogP contribution in [0.1, 0.15) is 25.6 Å². The third-order valence-electron chi connectivity index (χ3n) is 1.32. The molecule has 4 nitrogen and oxygen atoms in total. The van der Waals surface area contributed by atoms with E-state index in [-0.39, 0.29) is 6.04 Å². The average Bonchev–Trinajstić information content (AvgIpc) is 2.34. The molecule has 4 heteroatoms. The molecule has 1 unspecified atom stereocenters. The Hall–Kier alpha value is -0.900. The third-order valence-corrected chi connectivity index (χ3v) is 1.32. The third kappa shape index (κ3) is 2.31. The van der Waals surface area contributed by atoms with Crippen molar-refractivity contribution in [1.29, 1.82) is 0 Å². The summed E-state index contributed by atoms with van der Waals surface area (Å²) in [6.07, 6.45) is 1.47. The predicted molar refractivity (Wildman–Crippen MR) is 41.0 cm³/mol. The molecule has 0 bridgehead atoms. The summed E-state index contributed by atoms with van der Waals surface area (Å²) in [6.45, 7) is 3.90. The second-order valence-electron chi connectivity index (χ2n) is 2.64. The predicted octanol–water partition coefficient (Wildman–Crippen LogP) is 0.522. The monoisotopic (exact) mass is 155 g/mol. The molecule has 1 atom stereocenters. The highest BCUT2D eigenvalue weighted by molar-refractivity contribution is 4.87. The molecule has 1 aromatic heterocycles. The molecular formula is C7H13N3O. The SMILES string of the molecule is CCc1noc(CC(C)N)n1. The maximum Gasteiger partial charge on any atom is 0.228 e. The van der Waals surface area contributed by atoms with Gasteiger partial charge >= 0.3 is 0 Å². The van der Waals surface area contributed by atoms with Crippen molar-refractivity contribution in [3.63, 3.8) is 0 Å². The number of nitrogens with two attached hydrogens (primary N) is 1. The number of rotatable bonds is 3. The first-order valence-corrected chi connectivity index (χ1v) is 3.79. The maximum atomic E-state index is 5.55. The molecule has 62 valence electrons. The first-order chi connectivity index (χ1) is 5.22. The second kappa shape index (κ2) is 3.48. The van der Waals surface area contributed by atoms with E-state index in [1.807, 2.05) is 13.8 Å². The summed E-state index contributed by atoms with van der Waals surface area (Å²) in [5.74, 6) is 1.39. The van der Waals surface area contributed by atoms with E-state index in [0.717, 1.165) is 12.2 Å². The van der Waals surface area contributed by atoms with E-state index in [0.29, 0.717) is 12.3 Å². The fraction of sp³-hybridized carbons (Fsp3) is 0.714. The fourth-order valence-electron chi connectivity index (χ4n) is 0.792. The molecule has 0 aliphatic rings. The zero-order valence-corrected chi connectivity index (χ0v) is 6.87. The van der Waals surface area contributed by atoms with Crippen molar-refractivity contribution in [2.75, 3.05) is 0 Å². The van der Waals surface area contributed by atoms with Crippen molar-refractivity contribution in [3.8, 4) is 0 Å². The molecule has 1 heterocycles. The minimum Gasteiger partial charge on any atom is -0.339 e. The normalized spacial score (nSPS) is 13.4. The highest BCUT2D eigenvalue weighted by atomic mass is 16.5. The van der Waals surface area contributed by atoms with Gasteiger partial charge in [-0.3, -0.25) is 0 Å². The van der Waals surface area contributed by atoms with Gasteiger partial charge in [0.15, 0.2) is 5.82 Å². The van der Waals surface area contributed by atoms with Gasteiger partial charge in [-0.1, -0.05) is 12.1 Å². The lowest BCUT2D eigenvalue weighted by atomic mass is 10.2. The molecule has 0 saturated heterocycles. The van der Waals surface area contributed by atoms with Crippen molar-refractivity contribution >= 4 is 0 Å². The fourth-order valence-corrected chi connectivity index (χ4v) is 0.792. The molecule has 11 heavy (non-hydrogen) atoms. The lowest BCUT2D eigenvalue weighted by Gasteiger charge is -1.96. The average molecular weight is 155 g/mol. The van der Waals surface area contributed by atoms with Gasteiger partial charge in [-0.05, 0) is 6.92 Å². The van der Waals surface area contributed by atoms with Crippen LogP contribution < -0.4 is 5.73 Å². The molecule has 0 saturated carbocycles. The van der Waals surface area contributed by atoms with Crippen molar-refractivity contribution < 1.29 is 4.52 Å². The summed E-state index contributed by atoms with van der Waals surface area (Å²) in [6, 6.07) is 0.0835. The van der Waals surface area contributed by atoms with Crippen LogP contribution in [-0.2, 0) is 12.8 Å². The van der Waals surface area contributed by atoms with Crippen molar-refractivity contribution in [1.82, 2.24) is 10.1 Å². The van der Waals surface area contributed by atoms with Crippen LogP contribution in [0.15, 0.2) is 4.52 Å². The van der Waals surface area contributed by atoms with Crippen molar-refractivity contribution in [2.24, 2.45) is 5.73 Å². The summed E-state index contributed by atoms with van der Waals surface area (Å²) < 4.78 is 4.93. The van der Waals surface area contributed by atoms with Gasteiger partial charge in [0.05, 0.1) is 0 Å². The van der Waals surface area contributed by atoms with Crippen LogP contribution >= 0.6 is 0 Å². The lowest BCUT2D eigenvalue weighted by Crippen LogP contribution is -2.17. The van der Waals surface area contributed by atoms with E-state index < -0.39 is 0 Å². The minimum atomic E-state index is 0.0835. The molecule has 2 N–H and O–H groups in total. The quantitative estimate of drug-likeness (QED) is 0.691. The Bertz CT molecular complexity index is 219. The standard InChI is InChI=1S/C7H13N3O/c1-3-6-9-7(11-10-6)4-5(2)8/h5H,3-4,8H2,1-2H3. The van der Waals surface area contributed by atoms with Gasteiger partial charge in [0, 0.05) is 18.9 Å². The summed E-state index contributed by atoms with van der Waals surface area (Å²) >= 11 is 0. The maximum absolute atomic E-state index is 5.55. The molecule has 0 amide bonds. The van der Waals surface area contributed by atoms with Gasteiger partial charge in [-0.25, -0.2) is 0 Å². The summed E-state index contributed by atoms with van der Waals surface area (Å²) in [5, 5.41) is 3.75. The molecule has 0 aliphatic carbocycles. The molecule has 0 aliphatic heterocycles. The Labute approximate surface area is 65.8 Å². The van der Waals surface area contributed by atoms with Crippen LogP contribution in [0.3, 0.4) is 0 Å². The number of hydrogen-bond acceptors (Lipinski definition) is 4. The Balaban J connectivity index is 2.58. The smallest absolute Gasteiger partial charge is 0.228 e. The number of hydrogen-bond donors (Lipinski definition) is 1. The van der Waals surface area contributed by atoms with Gasteiger partial charge in [-0.2, -0.15) is 4.98 Å². The number of nitrogens with zero attached hydrogens (tertiary/aromatic N) is 2. The molecule has 0 spiro atoms. The first-order valence-electron chi connectivity index (χ1n) is 3.79. The van der Waals surface area contributed by atoms with E-state index in [1.165, 1.54) is 0 Å². The Morgan fingerprint density at radius 1 is 1.64 bits per heavy atom. The van der Waals surface area contributed by atoms with E-state index in [4.69, 9.17) is 10.3 Å². The highest BCUT2D eigenvalue weighted by Crippen LogP contribution is 1.99. The van der Waals surface area contributed by atoms with Crippen LogP contribution in [0.5, 0.6) is 0 Å². The van der Waals surface area contributed by atoms with Gasteiger partial charge in [0.25, 0.3) is 0 Å². The largest absolute Gasteiger partial charge is 0.339 e. The molecule has 1 aromatic rings. The Kier molecular flexibility index (Phi) is 2.59. The van der Waals surface area contributed by atoms with E-state index in [1.54, 1.807) is 0 Å². The van der Waals surface area contributed by atoms with Crippen LogP contribution in [0.4, 0.5) is 0 Å². The van der Waals surface area contributed by atoms with Gasteiger partial charge < -0.3 is 10.3 Å². The molecule has 1 rings (SSSR count). The van der Waals surface area contributed by atoms with E-state index in [2.05, 4.69) is 10.1 Å². The first kappa shape index (κ1) is 8.20. The topological polar surface area (TPSA) is 64.9 Å². The molecular weight excluding hydrogens is 142 g/mol. The second-order valence-corrected chi connectivity index (χ2v) is 2.64. The summed E-state index contributed by atoms with van der Waals surface area (Å²) in [4.78, 5) is 4.11. The molecule has 0 aromatic carbocycles. The number of aryl methyl sites for hydroxylation is 1. The summed E-state index contributed by atoms with van der Waals surface area (Å²) in [7, 11) is 0. The van der Waals surface area contributed by atoms with Crippen molar-refractivity contribution in [3.05, 3.63) is 11.7 Å². The van der Waals surface area contributed by atoms with Crippen LogP contribution in [0, 0.1) is 0 Å². The van der Waals surface area contributed by atoms with Gasteiger partial charge in [-0.15, -0.1) is 0 Å². The number of aromatic nitrogens is 2. The van der Waals surface area contributed by atoms with E-state index >= 15 is 0 Å². The Morgan fingerprint density at radius 2 is 2.36 bits per heavy atom. The van der Waals surface area contributed by atoms with Gasteiger partial charge in [0.2, 0.25) is 5.89 Å². The molecule has 0 radical (unpaired) electrons.